The predicted octanol–water partition coefficient (Wildman–Crippen LogP) is 0.965. The number of carboxylic acids is 1. The van der Waals surface area contributed by atoms with Gasteiger partial charge in [0.15, 0.2) is 0 Å². The maximum atomic E-state index is 11.1. The van der Waals surface area contributed by atoms with Gasteiger partial charge in [0, 0.05) is 0 Å². The third-order valence-electron chi connectivity index (χ3n) is 1.62. The van der Waals surface area contributed by atoms with E-state index in [1.54, 1.807) is 6.26 Å². The highest BCUT2D eigenvalue weighted by atomic mass is 32.2. The fraction of sp³-hybridized carbons (Fsp3) is 0.778. The summed E-state index contributed by atoms with van der Waals surface area (Å²) in [5.74, 6) is -0.619. The monoisotopic (exact) mass is 219 g/mol. The summed E-state index contributed by atoms with van der Waals surface area (Å²) in [6, 6.07) is -0.755. The number of rotatable bonds is 6. The van der Waals surface area contributed by atoms with Crippen molar-refractivity contribution in [2.24, 2.45) is 5.92 Å². The molecule has 5 heteroatoms. The molecule has 0 aliphatic heterocycles. The van der Waals surface area contributed by atoms with Gasteiger partial charge < -0.3 is 10.4 Å². The predicted molar refractivity (Wildman–Crippen MR) is 57.4 cm³/mol. The van der Waals surface area contributed by atoms with Crippen LogP contribution in [0.25, 0.3) is 0 Å². The van der Waals surface area contributed by atoms with Gasteiger partial charge in [0.25, 0.3) is 0 Å². The van der Waals surface area contributed by atoms with E-state index in [9.17, 15) is 9.59 Å². The van der Waals surface area contributed by atoms with Crippen LogP contribution >= 0.6 is 11.8 Å². The Morgan fingerprint density at radius 1 is 1.43 bits per heavy atom. The Labute approximate surface area is 88.4 Å². The number of thioether (sulfide) groups is 1. The maximum Gasteiger partial charge on any atom is 0.326 e. The van der Waals surface area contributed by atoms with Crippen molar-refractivity contribution >= 4 is 23.6 Å². The van der Waals surface area contributed by atoms with E-state index in [1.807, 2.05) is 13.8 Å². The molecule has 0 fully saturated rings. The Hall–Kier alpha value is -0.710. The second-order valence-corrected chi connectivity index (χ2v) is 4.39. The van der Waals surface area contributed by atoms with E-state index < -0.39 is 12.0 Å². The first kappa shape index (κ1) is 13.3. The lowest BCUT2D eigenvalue weighted by atomic mass is 10.0. The molecule has 14 heavy (non-hydrogen) atoms. The highest BCUT2D eigenvalue weighted by molar-refractivity contribution is 7.99. The molecule has 0 aromatic carbocycles. The molecular formula is C9H17NO3S. The number of carbonyl (C=O) groups excluding carboxylic acids is 1. The molecule has 4 nitrogen and oxygen atoms in total. The summed E-state index contributed by atoms with van der Waals surface area (Å²) in [6.45, 7) is 3.85. The second-order valence-electron chi connectivity index (χ2n) is 3.52. The van der Waals surface area contributed by atoms with Gasteiger partial charge in [0.1, 0.15) is 6.04 Å². The van der Waals surface area contributed by atoms with E-state index in [4.69, 9.17) is 5.11 Å². The standard InChI is InChI=1S/C9H17NO3S/c1-6(2)4-7(9(12)13)10-8(11)5-14-3/h6-7H,4-5H2,1-3H3,(H,10,11)(H,12,13). The summed E-state index contributed by atoms with van der Waals surface area (Å²) in [5.41, 5.74) is 0. The molecule has 0 rings (SSSR count). The molecule has 0 heterocycles. The lowest BCUT2D eigenvalue weighted by molar-refractivity contribution is -0.141. The van der Waals surface area contributed by atoms with E-state index in [2.05, 4.69) is 5.32 Å². The van der Waals surface area contributed by atoms with Crippen molar-refractivity contribution in [3.63, 3.8) is 0 Å². The molecule has 0 spiro atoms. The number of nitrogens with one attached hydrogen (secondary N) is 1. The Balaban J connectivity index is 4.09. The SMILES string of the molecule is CSCC(=O)NC(CC(C)C)C(=O)O. The third kappa shape index (κ3) is 5.85. The van der Waals surface area contributed by atoms with E-state index in [0.29, 0.717) is 12.2 Å². The molecule has 1 unspecified atom stereocenters. The molecule has 2 N–H and O–H groups in total. The van der Waals surface area contributed by atoms with Crippen molar-refractivity contribution in [3.8, 4) is 0 Å². The maximum absolute atomic E-state index is 11.1. The van der Waals surface area contributed by atoms with Gasteiger partial charge in [-0.15, -0.1) is 0 Å². The quantitative estimate of drug-likeness (QED) is 0.698. The minimum atomic E-state index is -0.965. The average Bonchev–Trinajstić information content (AvgIpc) is 2.02. The van der Waals surface area contributed by atoms with Gasteiger partial charge >= 0.3 is 5.97 Å². The van der Waals surface area contributed by atoms with Crippen LogP contribution in [0.2, 0.25) is 0 Å². The van der Waals surface area contributed by atoms with Gasteiger partial charge in [-0.2, -0.15) is 11.8 Å². The lowest BCUT2D eigenvalue weighted by Gasteiger charge is -2.15. The van der Waals surface area contributed by atoms with Crippen molar-refractivity contribution in [1.29, 1.82) is 0 Å². The molecule has 0 aliphatic rings. The fourth-order valence-corrected chi connectivity index (χ4v) is 1.41. The molecular weight excluding hydrogens is 202 g/mol. The first-order valence-electron chi connectivity index (χ1n) is 4.48. The zero-order valence-corrected chi connectivity index (χ0v) is 9.56. The van der Waals surface area contributed by atoms with Crippen LogP contribution in [-0.2, 0) is 9.59 Å². The van der Waals surface area contributed by atoms with Gasteiger partial charge in [-0.25, -0.2) is 4.79 Å². The first-order valence-corrected chi connectivity index (χ1v) is 5.87. The summed E-state index contributed by atoms with van der Waals surface area (Å²) in [5, 5.41) is 11.3. The number of hydrogen-bond donors (Lipinski definition) is 2. The number of amides is 1. The molecule has 82 valence electrons. The summed E-state index contributed by atoms with van der Waals surface area (Å²) in [6.07, 6.45) is 2.27. The Bertz CT molecular complexity index is 206. The Kier molecular flexibility index (Phi) is 6.36. The van der Waals surface area contributed by atoms with E-state index in [1.165, 1.54) is 11.8 Å². The highest BCUT2D eigenvalue weighted by Crippen LogP contribution is 2.05. The largest absolute Gasteiger partial charge is 0.480 e. The summed E-state index contributed by atoms with van der Waals surface area (Å²) < 4.78 is 0. The van der Waals surface area contributed by atoms with E-state index >= 15 is 0 Å². The average molecular weight is 219 g/mol. The fourth-order valence-electron chi connectivity index (χ4n) is 1.06. The number of aliphatic carboxylic acids is 1. The molecule has 1 amide bonds. The van der Waals surface area contributed by atoms with Gasteiger partial charge in [-0.05, 0) is 18.6 Å². The van der Waals surface area contributed by atoms with Crippen LogP contribution in [-0.4, -0.2) is 35.0 Å². The van der Waals surface area contributed by atoms with Gasteiger partial charge in [-0.1, -0.05) is 13.8 Å². The van der Waals surface area contributed by atoms with E-state index in [-0.39, 0.29) is 11.8 Å². The minimum Gasteiger partial charge on any atom is -0.480 e. The van der Waals surface area contributed by atoms with Crippen LogP contribution in [0, 0.1) is 5.92 Å². The molecule has 0 radical (unpaired) electrons. The molecule has 0 saturated heterocycles. The van der Waals surface area contributed by atoms with Crippen LogP contribution in [0.15, 0.2) is 0 Å². The zero-order valence-electron chi connectivity index (χ0n) is 8.74. The highest BCUT2D eigenvalue weighted by Gasteiger charge is 2.20. The van der Waals surface area contributed by atoms with Crippen LogP contribution < -0.4 is 5.32 Å². The van der Waals surface area contributed by atoms with E-state index in [0.717, 1.165) is 0 Å². The molecule has 0 saturated carbocycles. The number of hydrogen-bond acceptors (Lipinski definition) is 3. The van der Waals surface area contributed by atoms with Crippen molar-refractivity contribution in [2.45, 2.75) is 26.3 Å². The topological polar surface area (TPSA) is 66.4 Å². The number of carboxylic acid groups (broad SMARTS) is 1. The number of carbonyl (C=O) groups is 2. The lowest BCUT2D eigenvalue weighted by Crippen LogP contribution is -2.42. The van der Waals surface area contributed by atoms with Crippen molar-refractivity contribution < 1.29 is 14.7 Å². The van der Waals surface area contributed by atoms with Crippen molar-refractivity contribution in [1.82, 2.24) is 5.32 Å². The summed E-state index contributed by atoms with van der Waals surface area (Å²) in [7, 11) is 0. The first-order chi connectivity index (χ1) is 6.47. The van der Waals surface area contributed by atoms with Crippen molar-refractivity contribution in [3.05, 3.63) is 0 Å². The smallest absolute Gasteiger partial charge is 0.326 e. The molecule has 0 bridgehead atoms. The van der Waals surface area contributed by atoms with Crippen LogP contribution in [0.1, 0.15) is 20.3 Å². The third-order valence-corrected chi connectivity index (χ3v) is 2.17. The normalized spacial score (nSPS) is 12.6. The minimum absolute atomic E-state index is 0.217. The van der Waals surface area contributed by atoms with Crippen LogP contribution in [0.3, 0.4) is 0 Å². The Morgan fingerprint density at radius 2 is 2.00 bits per heavy atom. The molecule has 0 aromatic heterocycles. The molecule has 0 aliphatic carbocycles. The van der Waals surface area contributed by atoms with Gasteiger partial charge in [0.2, 0.25) is 5.91 Å². The van der Waals surface area contributed by atoms with Gasteiger partial charge in [0.05, 0.1) is 5.75 Å². The van der Waals surface area contributed by atoms with Crippen LogP contribution in [0.4, 0.5) is 0 Å². The molecule has 1 atom stereocenters. The molecule has 0 aromatic rings. The summed E-state index contributed by atoms with van der Waals surface area (Å²) >= 11 is 1.38. The Morgan fingerprint density at radius 3 is 2.36 bits per heavy atom. The summed E-state index contributed by atoms with van der Waals surface area (Å²) in [4.78, 5) is 21.9. The van der Waals surface area contributed by atoms with Crippen molar-refractivity contribution in [2.75, 3.05) is 12.0 Å². The second kappa shape index (κ2) is 6.70. The van der Waals surface area contributed by atoms with Crippen LogP contribution in [0.5, 0.6) is 0 Å². The zero-order chi connectivity index (χ0) is 11.1. The van der Waals surface area contributed by atoms with Gasteiger partial charge in [-0.3, -0.25) is 4.79 Å².